The summed E-state index contributed by atoms with van der Waals surface area (Å²) in [5, 5.41) is 8.05. The number of nitrogens with zero attached hydrogens (tertiary/aromatic N) is 1. The van der Waals surface area contributed by atoms with E-state index in [0.717, 1.165) is 12.0 Å². The minimum Gasteiger partial charge on any atom is -0.467 e. The van der Waals surface area contributed by atoms with Gasteiger partial charge in [-0.05, 0) is 68.0 Å². The zero-order valence-electron chi connectivity index (χ0n) is 17.2. The van der Waals surface area contributed by atoms with Crippen molar-refractivity contribution < 1.29 is 14.3 Å². The molecule has 2 heterocycles. The summed E-state index contributed by atoms with van der Waals surface area (Å²) in [6, 6.07) is 12.0. The summed E-state index contributed by atoms with van der Waals surface area (Å²) >= 11 is 17.9. The predicted octanol–water partition coefficient (Wildman–Crippen LogP) is 4.62. The number of carbonyl (C=O) groups is 1. The van der Waals surface area contributed by atoms with Crippen molar-refractivity contribution in [3.05, 3.63) is 58.1 Å². The first-order valence-corrected chi connectivity index (χ1v) is 11.1. The largest absolute Gasteiger partial charge is 0.467 e. The number of ether oxygens (including phenoxy) is 2. The molecule has 1 saturated heterocycles. The van der Waals surface area contributed by atoms with Crippen LogP contribution in [0.3, 0.4) is 0 Å². The first-order chi connectivity index (χ1) is 14.8. The Balaban J connectivity index is 1.72. The molecule has 2 aromatic carbocycles. The summed E-state index contributed by atoms with van der Waals surface area (Å²) in [6.45, 7) is 3.06. The molecule has 9 heteroatoms. The normalized spacial score (nSPS) is 24.1. The number of benzene rings is 2. The van der Waals surface area contributed by atoms with E-state index >= 15 is 0 Å². The number of hydrogen-bond donors (Lipinski definition) is 2. The molecule has 0 spiro atoms. The number of methoxy groups -OCH3 is 1. The van der Waals surface area contributed by atoms with Gasteiger partial charge in [0.2, 0.25) is 5.91 Å². The van der Waals surface area contributed by atoms with Gasteiger partial charge in [0.15, 0.2) is 10.8 Å². The van der Waals surface area contributed by atoms with Crippen LogP contribution in [-0.2, 0) is 9.53 Å². The van der Waals surface area contributed by atoms with Crippen molar-refractivity contribution in [1.29, 1.82) is 0 Å². The smallest absolute Gasteiger partial charge is 0.236 e. The topological polar surface area (TPSA) is 62.8 Å². The van der Waals surface area contributed by atoms with Gasteiger partial charge < -0.3 is 25.0 Å². The highest BCUT2D eigenvalue weighted by Gasteiger charge is 2.58. The van der Waals surface area contributed by atoms with E-state index in [1.807, 2.05) is 24.0 Å². The second-order valence-electron chi connectivity index (χ2n) is 7.74. The SMILES string of the molecule is COCCCN1C(=S)N[C@H]2c3cc(Cl)ccc3O[C@@]1(C)[C@@H]2C(=O)Nc1ccc(Cl)cc1. The highest BCUT2D eigenvalue weighted by molar-refractivity contribution is 7.80. The summed E-state index contributed by atoms with van der Waals surface area (Å²) in [4.78, 5) is 15.5. The van der Waals surface area contributed by atoms with Crippen molar-refractivity contribution in [3.63, 3.8) is 0 Å². The third kappa shape index (κ3) is 4.20. The van der Waals surface area contributed by atoms with Crippen LogP contribution >= 0.6 is 35.4 Å². The first-order valence-electron chi connectivity index (χ1n) is 9.95. The fraction of sp³-hybridized carbons (Fsp3) is 0.364. The molecule has 1 amide bonds. The van der Waals surface area contributed by atoms with Crippen molar-refractivity contribution in [2.45, 2.75) is 25.1 Å². The molecule has 31 heavy (non-hydrogen) atoms. The zero-order chi connectivity index (χ0) is 22.2. The Hall–Kier alpha value is -2.06. The predicted molar refractivity (Wildman–Crippen MR) is 126 cm³/mol. The third-order valence-corrected chi connectivity index (χ3v) is 6.54. The van der Waals surface area contributed by atoms with Crippen molar-refractivity contribution in [2.75, 3.05) is 25.6 Å². The lowest BCUT2D eigenvalue weighted by Crippen LogP contribution is -2.71. The molecule has 0 saturated carbocycles. The monoisotopic (exact) mass is 479 g/mol. The average Bonchev–Trinajstić information content (AvgIpc) is 2.72. The minimum atomic E-state index is -0.988. The Labute approximate surface area is 196 Å². The molecule has 3 atom stereocenters. The maximum Gasteiger partial charge on any atom is 0.236 e. The van der Waals surface area contributed by atoms with Crippen molar-refractivity contribution in [2.24, 2.45) is 5.92 Å². The van der Waals surface area contributed by atoms with E-state index in [1.54, 1.807) is 37.4 Å². The molecule has 0 aliphatic carbocycles. The van der Waals surface area contributed by atoms with Gasteiger partial charge in [-0.25, -0.2) is 0 Å². The highest BCUT2D eigenvalue weighted by atomic mass is 35.5. The van der Waals surface area contributed by atoms with Gasteiger partial charge in [0.25, 0.3) is 0 Å². The summed E-state index contributed by atoms with van der Waals surface area (Å²) in [6.07, 6.45) is 0.737. The van der Waals surface area contributed by atoms with E-state index < -0.39 is 11.6 Å². The van der Waals surface area contributed by atoms with Crippen LogP contribution in [-0.4, -0.2) is 41.9 Å². The average molecular weight is 480 g/mol. The number of fused-ring (bicyclic) bond motifs is 4. The van der Waals surface area contributed by atoms with Crippen LogP contribution in [0, 0.1) is 5.92 Å². The van der Waals surface area contributed by atoms with Gasteiger partial charge in [-0.1, -0.05) is 23.2 Å². The molecule has 0 unspecified atom stereocenters. The van der Waals surface area contributed by atoms with E-state index in [2.05, 4.69) is 10.6 Å². The molecular weight excluding hydrogens is 457 g/mol. The number of hydrogen-bond acceptors (Lipinski definition) is 4. The number of amides is 1. The number of carbonyl (C=O) groups excluding carboxylic acids is 1. The van der Waals surface area contributed by atoms with Crippen LogP contribution in [0.4, 0.5) is 5.69 Å². The fourth-order valence-corrected chi connectivity index (χ4v) is 4.97. The van der Waals surface area contributed by atoms with Crippen molar-refractivity contribution in [1.82, 2.24) is 10.2 Å². The molecule has 0 radical (unpaired) electrons. The van der Waals surface area contributed by atoms with Crippen molar-refractivity contribution >= 4 is 52.1 Å². The lowest BCUT2D eigenvalue weighted by Gasteiger charge is -2.56. The van der Waals surface area contributed by atoms with E-state index in [9.17, 15) is 4.79 Å². The molecule has 4 rings (SSSR count). The van der Waals surface area contributed by atoms with Gasteiger partial charge in [0.05, 0.1) is 6.04 Å². The summed E-state index contributed by atoms with van der Waals surface area (Å²) in [5.74, 6) is -0.102. The van der Waals surface area contributed by atoms with Crippen molar-refractivity contribution in [3.8, 4) is 5.75 Å². The second kappa shape index (κ2) is 8.82. The molecule has 2 aliphatic heterocycles. The van der Waals surface area contributed by atoms with Crippen LogP contribution in [0.5, 0.6) is 5.75 Å². The van der Waals surface area contributed by atoms with Crippen LogP contribution in [0.15, 0.2) is 42.5 Å². The Bertz CT molecular complexity index is 1000. The van der Waals surface area contributed by atoms with Crippen LogP contribution in [0.1, 0.15) is 24.9 Å². The molecule has 6 nitrogen and oxygen atoms in total. The molecule has 1 fully saturated rings. The second-order valence-corrected chi connectivity index (χ2v) is 9.00. The number of nitrogens with one attached hydrogen (secondary N) is 2. The Kier molecular flexibility index (Phi) is 6.30. The molecule has 2 aromatic rings. The third-order valence-electron chi connectivity index (χ3n) is 5.72. The Morgan fingerprint density at radius 3 is 2.68 bits per heavy atom. The minimum absolute atomic E-state index is 0.188. The lowest BCUT2D eigenvalue weighted by atomic mass is 9.78. The van der Waals surface area contributed by atoms with Gasteiger partial charge in [-0.2, -0.15) is 0 Å². The van der Waals surface area contributed by atoms with E-state index in [1.165, 1.54) is 0 Å². The van der Waals surface area contributed by atoms with Gasteiger partial charge in [-0.3, -0.25) is 4.79 Å². The number of halogens is 2. The molecule has 164 valence electrons. The zero-order valence-corrected chi connectivity index (χ0v) is 19.5. The number of rotatable bonds is 6. The molecule has 2 bridgehead atoms. The first kappa shape index (κ1) is 22.1. The Morgan fingerprint density at radius 1 is 1.26 bits per heavy atom. The van der Waals surface area contributed by atoms with E-state index in [-0.39, 0.29) is 11.9 Å². The van der Waals surface area contributed by atoms with Crippen LogP contribution < -0.4 is 15.4 Å². The Morgan fingerprint density at radius 2 is 1.97 bits per heavy atom. The number of anilines is 1. The van der Waals surface area contributed by atoms with Gasteiger partial charge >= 0.3 is 0 Å². The molecular formula is C22H23Cl2N3O3S. The maximum absolute atomic E-state index is 13.6. The van der Waals surface area contributed by atoms with E-state index in [4.69, 9.17) is 44.9 Å². The van der Waals surface area contributed by atoms with E-state index in [0.29, 0.717) is 39.7 Å². The molecule has 2 N–H and O–H groups in total. The number of thiocarbonyl (C=S) groups is 1. The summed E-state index contributed by atoms with van der Waals surface area (Å²) < 4.78 is 11.7. The summed E-state index contributed by atoms with van der Waals surface area (Å²) in [7, 11) is 1.66. The van der Waals surface area contributed by atoms with Gasteiger partial charge in [0, 0.05) is 41.6 Å². The fourth-order valence-electron chi connectivity index (χ4n) is 4.27. The highest BCUT2D eigenvalue weighted by Crippen LogP contribution is 2.49. The van der Waals surface area contributed by atoms with Crippen LogP contribution in [0.25, 0.3) is 0 Å². The van der Waals surface area contributed by atoms with Crippen LogP contribution in [0.2, 0.25) is 10.0 Å². The summed E-state index contributed by atoms with van der Waals surface area (Å²) in [5.41, 5.74) is 0.472. The van der Waals surface area contributed by atoms with Gasteiger partial charge in [-0.15, -0.1) is 0 Å². The molecule has 2 aliphatic rings. The lowest BCUT2D eigenvalue weighted by molar-refractivity contribution is -0.149. The quantitative estimate of drug-likeness (QED) is 0.465. The standard InChI is InChI=1S/C22H23Cl2N3O3S/c1-22-18(20(28)25-15-7-4-13(23)5-8-15)19(16-12-14(24)6-9-17(16)30-22)26-21(31)27(22)10-3-11-29-2/h4-9,12,18-19H,3,10-11H2,1-2H3,(H,25,28)(H,26,31)/t18-,19-,22-/m0/s1. The maximum atomic E-state index is 13.6. The molecule has 0 aromatic heterocycles. The van der Waals surface area contributed by atoms with Gasteiger partial charge in [0.1, 0.15) is 11.7 Å².